The van der Waals surface area contributed by atoms with Crippen LogP contribution in [0.15, 0.2) is 29.2 Å². The molecule has 0 fully saturated rings. The molecular formula is C12H15N5O2S. The van der Waals surface area contributed by atoms with Gasteiger partial charge in [0, 0.05) is 5.69 Å². The number of anilines is 3. The highest BCUT2D eigenvalue weighted by Gasteiger charge is 2.17. The molecule has 0 aliphatic carbocycles. The summed E-state index contributed by atoms with van der Waals surface area (Å²) in [6, 6.07) is 5.82. The van der Waals surface area contributed by atoms with Crippen molar-refractivity contribution in [2.75, 3.05) is 16.2 Å². The van der Waals surface area contributed by atoms with Crippen LogP contribution >= 0.6 is 0 Å². The molecule has 0 unspecified atom stereocenters. The summed E-state index contributed by atoms with van der Waals surface area (Å²) in [6.45, 7) is 3.47. The van der Waals surface area contributed by atoms with Crippen LogP contribution in [0.25, 0.3) is 0 Å². The van der Waals surface area contributed by atoms with E-state index in [2.05, 4.69) is 14.7 Å². The molecule has 2 rings (SSSR count). The predicted molar refractivity (Wildman–Crippen MR) is 77.6 cm³/mol. The molecule has 1 aromatic carbocycles. The van der Waals surface area contributed by atoms with Crippen LogP contribution in [0.4, 0.5) is 17.3 Å². The van der Waals surface area contributed by atoms with Crippen LogP contribution in [-0.4, -0.2) is 18.4 Å². The average molecular weight is 293 g/mol. The summed E-state index contributed by atoms with van der Waals surface area (Å²) in [5, 5.41) is 0. The van der Waals surface area contributed by atoms with Crippen LogP contribution < -0.4 is 16.2 Å². The minimum absolute atomic E-state index is 0.0184. The molecule has 0 amide bonds. The zero-order valence-corrected chi connectivity index (χ0v) is 11.9. The number of hydrogen-bond donors (Lipinski definition) is 3. The Balaban J connectivity index is 2.38. The first-order chi connectivity index (χ1) is 9.29. The fourth-order valence-corrected chi connectivity index (χ4v) is 2.55. The molecule has 0 atom stereocenters. The van der Waals surface area contributed by atoms with E-state index in [1.54, 1.807) is 13.8 Å². The number of nitrogens with one attached hydrogen (secondary N) is 1. The highest BCUT2D eigenvalue weighted by atomic mass is 32.2. The van der Waals surface area contributed by atoms with E-state index in [0.29, 0.717) is 17.1 Å². The van der Waals surface area contributed by atoms with Crippen LogP contribution in [0.3, 0.4) is 0 Å². The predicted octanol–water partition coefficient (Wildman–Crippen LogP) is 1.06. The van der Waals surface area contributed by atoms with Crippen molar-refractivity contribution in [2.45, 2.75) is 18.7 Å². The number of benzene rings is 1. The number of nitrogens with two attached hydrogens (primary N) is 2. The topological polar surface area (TPSA) is 124 Å². The second-order valence-electron chi connectivity index (χ2n) is 4.30. The number of aryl methyl sites for hydroxylation is 2. The first-order valence-corrected chi connectivity index (χ1v) is 7.27. The molecule has 0 saturated heterocycles. The summed E-state index contributed by atoms with van der Waals surface area (Å²) in [5.74, 6) is 0.0528. The van der Waals surface area contributed by atoms with Crippen molar-refractivity contribution in [1.82, 2.24) is 9.97 Å². The molecule has 7 nitrogen and oxygen atoms in total. The molecule has 0 aliphatic rings. The minimum atomic E-state index is -3.77. The third-order valence-electron chi connectivity index (χ3n) is 2.76. The molecule has 0 saturated carbocycles. The third-order valence-corrected chi connectivity index (χ3v) is 4.11. The van der Waals surface area contributed by atoms with Crippen LogP contribution in [-0.2, 0) is 10.0 Å². The van der Waals surface area contributed by atoms with Crippen molar-refractivity contribution in [1.29, 1.82) is 0 Å². The van der Waals surface area contributed by atoms with Gasteiger partial charge in [0.2, 0.25) is 0 Å². The van der Waals surface area contributed by atoms with E-state index in [1.807, 2.05) is 0 Å². The maximum atomic E-state index is 12.2. The van der Waals surface area contributed by atoms with Crippen LogP contribution in [0.5, 0.6) is 0 Å². The lowest BCUT2D eigenvalue weighted by atomic mass is 10.3. The Labute approximate surface area is 117 Å². The molecule has 0 spiro atoms. The largest absolute Gasteiger partial charge is 0.399 e. The fraction of sp³-hybridized carbons (Fsp3) is 0.167. The molecule has 1 aromatic heterocycles. The summed E-state index contributed by atoms with van der Waals surface area (Å²) >= 11 is 0. The van der Waals surface area contributed by atoms with Gasteiger partial charge in [-0.1, -0.05) is 0 Å². The lowest BCUT2D eigenvalue weighted by Crippen LogP contribution is -2.16. The molecule has 106 valence electrons. The molecule has 0 radical (unpaired) electrons. The Kier molecular flexibility index (Phi) is 3.49. The van der Waals surface area contributed by atoms with Crippen LogP contribution in [0.1, 0.15) is 11.4 Å². The highest BCUT2D eigenvalue weighted by molar-refractivity contribution is 7.92. The Morgan fingerprint density at radius 2 is 1.55 bits per heavy atom. The number of nitrogens with zero attached hydrogens (tertiary/aromatic N) is 2. The lowest BCUT2D eigenvalue weighted by Gasteiger charge is -2.10. The molecular weight excluding hydrogens is 278 g/mol. The van der Waals surface area contributed by atoms with E-state index in [0.717, 1.165) is 0 Å². The number of aromatic nitrogens is 2. The van der Waals surface area contributed by atoms with E-state index >= 15 is 0 Å². The minimum Gasteiger partial charge on any atom is -0.399 e. The van der Waals surface area contributed by atoms with Crippen molar-refractivity contribution >= 4 is 27.3 Å². The zero-order valence-electron chi connectivity index (χ0n) is 11.1. The standard InChI is InChI=1S/C12H15N5O2S/c1-7-8(2)16-12(11(14)15-7)17-20(18,19)10-5-3-9(13)4-6-10/h3-6H,13H2,1-2H3,(H2,14,15)(H,16,17). The summed E-state index contributed by atoms with van der Waals surface area (Å²) in [5.41, 5.74) is 12.9. The Morgan fingerprint density at radius 1 is 1.00 bits per heavy atom. The van der Waals surface area contributed by atoms with E-state index < -0.39 is 10.0 Å². The quantitative estimate of drug-likeness (QED) is 0.727. The van der Waals surface area contributed by atoms with Crippen LogP contribution in [0.2, 0.25) is 0 Å². The van der Waals surface area contributed by atoms with Crippen LogP contribution in [0, 0.1) is 13.8 Å². The van der Waals surface area contributed by atoms with Crippen molar-refractivity contribution in [3.05, 3.63) is 35.7 Å². The van der Waals surface area contributed by atoms with Gasteiger partial charge in [0.05, 0.1) is 16.3 Å². The van der Waals surface area contributed by atoms with Gasteiger partial charge in [-0.15, -0.1) is 0 Å². The molecule has 8 heteroatoms. The van der Waals surface area contributed by atoms with Crippen molar-refractivity contribution in [2.24, 2.45) is 0 Å². The van der Waals surface area contributed by atoms with Gasteiger partial charge >= 0.3 is 0 Å². The van der Waals surface area contributed by atoms with Crippen molar-refractivity contribution in [3.8, 4) is 0 Å². The second kappa shape index (κ2) is 4.97. The summed E-state index contributed by atoms with van der Waals surface area (Å²) in [7, 11) is -3.77. The highest BCUT2D eigenvalue weighted by Crippen LogP contribution is 2.20. The molecule has 0 aliphatic heterocycles. The first-order valence-electron chi connectivity index (χ1n) is 5.78. The number of rotatable bonds is 3. The third kappa shape index (κ3) is 2.80. The van der Waals surface area contributed by atoms with E-state index in [-0.39, 0.29) is 16.5 Å². The second-order valence-corrected chi connectivity index (χ2v) is 5.99. The normalized spacial score (nSPS) is 11.3. The zero-order chi connectivity index (χ0) is 14.9. The van der Waals surface area contributed by atoms with E-state index in [9.17, 15) is 8.42 Å². The fourth-order valence-electron chi connectivity index (χ4n) is 1.53. The van der Waals surface area contributed by atoms with Gasteiger partial charge in [-0.2, -0.15) is 0 Å². The monoisotopic (exact) mass is 293 g/mol. The first kappa shape index (κ1) is 14.1. The SMILES string of the molecule is Cc1nc(N)c(NS(=O)(=O)c2ccc(N)cc2)nc1C. The van der Waals surface area contributed by atoms with Gasteiger partial charge in [0.25, 0.3) is 10.0 Å². The number of nitrogen functional groups attached to an aromatic ring is 2. The van der Waals surface area contributed by atoms with Crippen molar-refractivity contribution in [3.63, 3.8) is 0 Å². The number of sulfonamides is 1. The Morgan fingerprint density at radius 3 is 2.15 bits per heavy atom. The van der Waals surface area contributed by atoms with E-state index in [1.165, 1.54) is 24.3 Å². The molecule has 2 aromatic rings. The Hall–Kier alpha value is -2.35. The summed E-state index contributed by atoms with van der Waals surface area (Å²) < 4.78 is 26.7. The van der Waals surface area contributed by atoms with Gasteiger partial charge < -0.3 is 11.5 Å². The molecule has 0 bridgehead atoms. The maximum absolute atomic E-state index is 12.2. The summed E-state index contributed by atoms with van der Waals surface area (Å²) in [4.78, 5) is 8.21. The average Bonchev–Trinajstić information content (AvgIpc) is 2.36. The van der Waals surface area contributed by atoms with Gasteiger partial charge in [0.15, 0.2) is 11.6 Å². The lowest BCUT2D eigenvalue weighted by molar-refractivity contribution is 0.601. The van der Waals surface area contributed by atoms with Crippen molar-refractivity contribution < 1.29 is 8.42 Å². The van der Waals surface area contributed by atoms with Gasteiger partial charge in [-0.3, -0.25) is 4.72 Å². The molecule has 1 heterocycles. The smallest absolute Gasteiger partial charge is 0.263 e. The molecule has 20 heavy (non-hydrogen) atoms. The van der Waals surface area contributed by atoms with Gasteiger partial charge in [-0.05, 0) is 38.1 Å². The molecule has 5 N–H and O–H groups in total. The summed E-state index contributed by atoms with van der Waals surface area (Å²) in [6.07, 6.45) is 0. The van der Waals surface area contributed by atoms with Gasteiger partial charge in [0.1, 0.15) is 0 Å². The van der Waals surface area contributed by atoms with Gasteiger partial charge in [-0.25, -0.2) is 18.4 Å². The Bertz CT molecular complexity index is 741. The van der Waals surface area contributed by atoms with E-state index in [4.69, 9.17) is 11.5 Å². The maximum Gasteiger partial charge on any atom is 0.263 e. The number of hydrogen-bond acceptors (Lipinski definition) is 6.